The molecule has 0 spiro atoms. The maximum atomic E-state index is 12.9. The maximum absolute atomic E-state index is 12.9. The Morgan fingerprint density at radius 3 is 2.58 bits per heavy atom. The van der Waals surface area contributed by atoms with Gasteiger partial charge in [-0.3, -0.25) is 10.1 Å². The Hall–Kier alpha value is -1.61. The standard InChI is InChI=1S/C14H15F5N2O2.ClH/c15-13(16)7-10(21-8-13)12(22)20-5-6-23-11-4-2-1-3-9(11)14(17,18)19;/h1-4,10,21H,5-8H2,(H,20,22);1H. The van der Waals surface area contributed by atoms with Gasteiger partial charge in [0.2, 0.25) is 5.91 Å². The summed E-state index contributed by atoms with van der Waals surface area (Å²) in [5.74, 6) is -3.90. The molecule has 1 saturated heterocycles. The van der Waals surface area contributed by atoms with E-state index in [1.807, 2.05) is 0 Å². The minimum atomic E-state index is -4.54. The van der Waals surface area contributed by atoms with E-state index in [1.165, 1.54) is 18.2 Å². The molecule has 1 heterocycles. The molecule has 2 rings (SSSR count). The second kappa shape index (κ2) is 7.98. The normalized spacial score (nSPS) is 19.5. The summed E-state index contributed by atoms with van der Waals surface area (Å²) in [6.07, 6.45) is -5.14. The number of alkyl halides is 5. The topological polar surface area (TPSA) is 50.4 Å². The first-order chi connectivity index (χ1) is 10.7. The average Bonchev–Trinajstić information content (AvgIpc) is 2.83. The van der Waals surface area contributed by atoms with Gasteiger partial charge in [0.1, 0.15) is 12.4 Å². The number of halogens is 6. The molecule has 1 atom stereocenters. The molecule has 0 radical (unpaired) electrons. The predicted octanol–water partition coefficient (Wildman–Crippen LogP) is 2.62. The van der Waals surface area contributed by atoms with E-state index in [2.05, 4.69) is 10.6 Å². The van der Waals surface area contributed by atoms with Gasteiger partial charge in [-0.25, -0.2) is 8.78 Å². The van der Waals surface area contributed by atoms with Gasteiger partial charge >= 0.3 is 6.18 Å². The third-order valence-corrected chi connectivity index (χ3v) is 3.28. The molecule has 1 amide bonds. The van der Waals surface area contributed by atoms with Crippen molar-refractivity contribution >= 4 is 18.3 Å². The summed E-state index contributed by atoms with van der Waals surface area (Å²) in [6.45, 7) is -0.864. The van der Waals surface area contributed by atoms with Crippen molar-refractivity contribution in [3.05, 3.63) is 29.8 Å². The molecule has 1 aliphatic heterocycles. The molecule has 1 aliphatic rings. The molecule has 0 aliphatic carbocycles. The fourth-order valence-corrected chi connectivity index (χ4v) is 2.19. The van der Waals surface area contributed by atoms with Crippen molar-refractivity contribution in [2.24, 2.45) is 0 Å². The second-order valence-corrected chi connectivity index (χ2v) is 5.13. The zero-order chi connectivity index (χ0) is 17.1. The van der Waals surface area contributed by atoms with Gasteiger partial charge in [0.05, 0.1) is 24.7 Å². The molecule has 136 valence electrons. The van der Waals surface area contributed by atoms with Gasteiger partial charge in [-0.2, -0.15) is 13.2 Å². The Morgan fingerprint density at radius 2 is 2.00 bits per heavy atom. The molecule has 1 aromatic rings. The zero-order valence-corrected chi connectivity index (χ0v) is 13.1. The van der Waals surface area contributed by atoms with Crippen LogP contribution in [0.5, 0.6) is 5.75 Å². The lowest BCUT2D eigenvalue weighted by Crippen LogP contribution is -2.41. The Bertz CT molecular complexity index is 568. The minimum Gasteiger partial charge on any atom is -0.491 e. The van der Waals surface area contributed by atoms with E-state index in [9.17, 15) is 26.7 Å². The van der Waals surface area contributed by atoms with E-state index in [-0.39, 0.29) is 31.3 Å². The van der Waals surface area contributed by atoms with Gasteiger partial charge in [0, 0.05) is 6.42 Å². The highest BCUT2D eigenvalue weighted by atomic mass is 35.5. The van der Waals surface area contributed by atoms with E-state index < -0.39 is 42.6 Å². The molecular weight excluding hydrogens is 359 g/mol. The number of hydrogen-bond acceptors (Lipinski definition) is 3. The van der Waals surface area contributed by atoms with Crippen LogP contribution in [0.3, 0.4) is 0 Å². The van der Waals surface area contributed by atoms with E-state index in [1.54, 1.807) is 0 Å². The Balaban J connectivity index is 0.00000288. The Morgan fingerprint density at radius 1 is 1.33 bits per heavy atom. The van der Waals surface area contributed by atoms with Gasteiger partial charge in [-0.05, 0) is 12.1 Å². The van der Waals surface area contributed by atoms with Crippen molar-refractivity contribution < 1.29 is 31.5 Å². The number of amides is 1. The van der Waals surface area contributed by atoms with E-state index in [0.29, 0.717) is 0 Å². The number of benzene rings is 1. The fraction of sp³-hybridized carbons (Fsp3) is 0.500. The van der Waals surface area contributed by atoms with Crippen LogP contribution >= 0.6 is 12.4 Å². The number of carbonyl (C=O) groups excluding carboxylic acids is 1. The number of nitrogens with one attached hydrogen (secondary N) is 2. The first-order valence-corrected chi connectivity index (χ1v) is 6.87. The minimum absolute atomic E-state index is 0. The molecule has 1 aromatic carbocycles. The van der Waals surface area contributed by atoms with Crippen LogP contribution in [0.2, 0.25) is 0 Å². The molecule has 2 N–H and O–H groups in total. The summed E-state index contributed by atoms with van der Waals surface area (Å²) in [5, 5.41) is 4.73. The number of para-hydroxylation sites is 1. The third-order valence-electron chi connectivity index (χ3n) is 3.28. The van der Waals surface area contributed by atoms with Crippen LogP contribution in [0.4, 0.5) is 22.0 Å². The van der Waals surface area contributed by atoms with Gasteiger partial charge < -0.3 is 10.1 Å². The monoisotopic (exact) mass is 374 g/mol. The van der Waals surface area contributed by atoms with E-state index >= 15 is 0 Å². The van der Waals surface area contributed by atoms with Crippen LogP contribution in [-0.4, -0.2) is 37.6 Å². The number of hydrogen-bond donors (Lipinski definition) is 2. The Labute approximate surface area is 141 Å². The lowest BCUT2D eigenvalue weighted by Gasteiger charge is -2.15. The van der Waals surface area contributed by atoms with Gasteiger partial charge in [0.25, 0.3) is 5.92 Å². The van der Waals surface area contributed by atoms with Crippen LogP contribution in [0.1, 0.15) is 12.0 Å². The van der Waals surface area contributed by atoms with Crippen LogP contribution in [-0.2, 0) is 11.0 Å². The molecule has 24 heavy (non-hydrogen) atoms. The van der Waals surface area contributed by atoms with Crippen LogP contribution in [0.15, 0.2) is 24.3 Å². The van der Waals surface area contributed by atoms with Crippen LogP contribution in [0.25, 0.3) is 0 Å². The van der Waals surface area contributed by atoms with Crippen molar-refractivity contribution in [3.8, 4) is 5.75 Å². The highest BCUT2D eigenvalue weighted by molar-refractivity contribution is 5.85. The molecule has 0 saturated carbocycles. The largest absolute Gasteiger partial charge is 0.491 e. The third kappa shape index (κ3) is 5.48. The van der Waals surface area contributed by atoms with Crippen molar-refractivity contribution in [1.29, 1.82) is 0 Å². The molecule has 0 aromatic heterocycles. The average molecular weight is 375 g/mol. The summed E-state index contributed by atoms with van der Waals surface area (Å²) in [6, 6.07) is 3.69. The first kappa shape index (κ1) is 20.4. The van der Waals surface area contributed by atoms with Gasteiger partial charge in [-0.15, -0.1) is 12.4 Å². The summed E-state index contributed by atoms with van der Waals surface area (Å²) < 4.78 is 69.1. The highest BCUT2D eigenvalue weighted by Gasteiger charge is 2.42. The van der Waals surface area contributed by atoms with Crippen LogP contribution < -0.4 is 15.4 Å². The lowest BCUT2D eigenvalue weighted by atomic mass is 10.2. The van der Waals surface area contributed by atoms with E-state index in [4.69, 9.17) is 4.74 Å². The van der Waals surface area contributed by atoms with Crippen molar-refractivity contribution in [2.75, 3.05) is 19.7 Å². The number of rotatable bonds is 5. The molecule has 4 nitrogen and oxygen atoms in total. The smallest absolute Gasteiger partial charge is 0.419 e. The second-order valence-electron chi connectivity index (χ2n) is 5.13. The van der Waals surface area contributed by atoms with Gasteiger partial charge in [-0.1, -0.05) is 12.1 Å². The summed E-state index contributed by atoms with van der Waals surface area (Å²) >= 11 is 0. The number of carbonyl (C=O) groups is 1. The number of ether oxygens (including phenoxy) is 1. The first-order valence-electron chi connectivity index (χ1n) is 6.87. The molecule has 1 fully saturated rings. The molecule has 0 bridgehead atoms. The molecule has 1 unspecified atom stereocenters. The molecular formula is C14H16ClF5N2O2. The maximum Gasteiger partial charge on any atom is 0.419 e. The van der Waals surface area contributed by atoms with Crippen molar-refractivity contribution in [2.45, 2.75) is 24.6 Å². The lowest BCUT2D eigenvalue weighted by molar-refractivity contribution is -0.139. The van der Waals surface area contributed by atoms with Crippen molar-refractivity contribution in [3.63, 3.8) is 0 Å². The Kier molecular flexibility index (Phi) is 6.79. The summed E-state index contributed by atoms with van der Waals surface area (Å²) in [4.78, 5) is 11.6. The van der Waals surface area contributed by atoms with E-state index in [0.717, 1.165) is 6.07 Å². The predicted molar refractivity (Wildman–Crippen MR) is 78.6 cm³/mol. The summed E-state index contributed by atoms with van der Waals surface area (Å²) in [5.41, 5.74) is -0.913. The SMILES string of the molecule is Cl.O=C(NCCOc1ccccc1C(F)(F)F)C1CC(F)(F)CN1. The zero-order valence-electron chi connectivity index (χ0n) is 12.3. The molecule has 10 heteroatoms. The van der Waals surface area contributed by atoms with Crippen LogP contribution in [0, 0.1) is 0 Å². The van der Waals surface area contributed by atoms with Gasteiger partial charge in [0.15, 0.2) is 0 Å². The van der Waals surface area contributed by atoms with Crippen molar-refractivity contribution in [1.82, 2.24) is 10.6 Å². The quantitative estimate of drug-likeness (QED) is 0.615. The summed E-state index contributed by atoms with van der Waals surface area (Å²) in [7, 11) is 0. The fourth-order valence-electron chi connectivity index (χ4n) is 2.19. The highest BCUT2D eigenvalue weighted by Crippen LogP contribution is 2.35.